The highest BCUT2D eigenvalue weighted by atomic mass is 16.5. The second-order valence-corrected chi connectivity index (χ2v) is 6.02. The number of ether oxygens (including phenoxy) is 1. The van der Waals surface area contributed by atoms with Gasteiger partial charge in [0.25, 0.3) is 0 Å². The SMILES string of the molecule is COCc1nc2ccccc2n1CC(=O)N(C(C)C)C(C)C. The zero-order chi connectivity index (χ0) is 16.3. The molecule has 2 aromatic rings. The Balaban J connectivity index is 2.37. The minimum absolute atomic E-state index is 0.102. The maximum absolute atomic E-state index is 12.7. The topological polar surface area (TPSA) is 47.4 Å². The van der Waals surface area contributed by atoms with Gasteiger partial charge in [0.15, 0.2) is 0 Å². The first kappa shape index (κ1) is 16.5. The van der Waals surface area contributed by atoms with Crippen molar-refractivity contribution in [2.24, 2.45) is 0 Å². The number of carbonyl (C=O) groups excluding carboxylic acids is 1. The van der Waals surface area contributed by atoms with Crippen LogP contribution in [0.5, 0.6) is 0 Å². The first-order valence-corrected chi connectivity index (χ1v) is 7.70. The largest absolute Gasteiger partial charge is 0.377 e. The molecule has 1 aromatic carbocycles. The molecule has 1 amide bonds. The number of nitrogens with zero attached hydrogens (tertiary/aromatic N) is 3. The summed E-state index contributed by atoms with van der Waals surface area (Å²) >= 11 is 0. The third-order valence-electron chi connectivity index (χ3n) is 3.70. The number of aromatic nitrogens is 2. The fourth-order valence-electron chi connectivity index (χ4n) is 2.93. The maximum Gasteiger partial charge on any atom is 0.243 e. The normalized spacial score (nSPS) is 11.6. The van der Waals surface area contributed by atoms with Crippen LogP contribution in [0.1, 0.15) is 33.5 Å². The van der Waals surface area contributed by atoms with Gasteiger partial charge in [-0.2, -0.15) is 0 Å². The first-order valence-electron chi connectivity index (χ1n) is 7.70. The smallest absolute Gasteiger partial charge is 0.243 e. The van der Waals surface area contributed by atoms with Gasteiger partial charge in [-0.25, -0.2) is 4.98 Å². The van der Waals surface area contributed by atoms with E-state index in [-0.39, 0.29) is 24.5 Å². The molecule has 0 aliphatic rings. The van der Waals surface area contributed by atoms with Gasteiger partial charge in [0.05, 0.1) is 11.0 Å². The summed E-state index contributed by atoms with van der Waals surface area (Å²) in [5, 5.41) is 0. The molecule has 0 spiro atoms. The monoisotopic (exact) mass is 303 g/mol. The van der Waals surface area contributed by atoms with Crippen molar-refractivity contribution in [2.45, 2.75) is 52.9 Å². The van der Waals surface area contributed by atoms with Gasteiger partial charge in [0.2, 0.25) is 5.91 Å². The van der Waals surface area contributed by atoms with E-state index in [4.69, 9.17) is 4.74 Å². The maximum atomic E-state index is 12.7. The lowest BCUT2D eigenvalue weighted by atomic mass is 10.2. The lowest BCUT2D eigenvalue weighted by molar-refractivity contribution is -0.135. The molecule has 1 heterocycles. The van der Waals surface area contributed by atoms with E-state index < -0.39 is 0 Å². The van der Waals surface area contributed by atoms with Crippen LogP contribution in [0.15, 0.2) is 24.3 Å². The van der Waals surface area contributed by atoms with Crippen molar-refractivity contribution in [3.8, 4) is 0 Å². The van der Waals surface area contributed by atoms with E-state index in [0.717, 1.165) is 16.9 Å². The van der Waals surface area contributed by atoms with E-state index >= 15 is 0 Å². The molecule has 1 aromatic heterocycles. The molecule has 5 nitrogen and oxygen atoms in total. The number of methoxy groups -OCH3 is 1. The molecule has 0 saturated heterocycles. The highest BCUT2D eigenvalue weighted by molar-refractivity contribution is 5.81. The van der Waals surface area contributed by atoms with Crippen LogP contribution in [-0.2, 0) is 22.7 Å². The number of benzene rings is 1. The summed E-state index contributed by atoms with van der Waals surface area (Å²) in [4.78, 5) is 19.2. The van der Waals surface area contributed by atoms with E-state index in [1.165, 1.54) is 0 Å². The Kier molecular flexibility index (Phi) is 5.19. The molecule has 0 fully saturated rings. The number of amides is 1. The molecule has 22 heavy (non-hydrogen) atoms. The van der Waals surface area contributed by atoms with Crippen LogP contribution in [0.25, 0.3) is 11.0 Å². The molecule has 5 heteroatoms. The van der Waals surface area contributed by atoms with Gasteiger partial charge in [-0.1, -0.05) is 12.1 Å². The van der Waals surface area contributed by atoms with Gasteiger partial charge in [-0.05, 0) is 39.8 Å². The van der Waals surface area contributed by atoms with E-state index in [1.807, 2.05) is 61.4 Å². The van der Waals surface area contributed by atoms with Crippen molar-refractivity contribution >= 4 is 16.9 Å². The van der Waals surface area contributed by atoms with Gasteiger partial charge in [0, 0.05) is 19.2 Å². The van der Waals surface area contributed by atoms with Gasteiger partial charge in [-0.15, -0.1) is 0 Å². The molecule has 0 aliphatic carbocycles. The number of fused-ring (bicyclic) bond motifs is 1. The van der Waals surface area contributed by atoms with Crippen molar-refractivity contribution in [1.29, 1.82) is 0 Å². The molecule has 120 valence electrons. The molecule has 0 atom stereocenters. The van der Waals surface area contributed by atoms with E-state index in [9.17, 15) is 4.79 Å². The van der Waals surface area contributed by atoms with Crippen molar-refractivity contribution in [3.05, 3.63) is 30.1 Å². The molecule has 0 radical (unpaired) electrons. The summed E-state index contributed by atoms with van der Waals surface area (Å²) < 4.78 is 7.18. The predicted octanol–water partition coefficient (Wildman–Crippen LogP) is 2.83. The molecular formula is C17H25N3O2. The molecular weight excluding hydrogens is 278 g/mol. The number of hydrogen-bond donors (Lipinski definition) is 0. The average Bonchev–Trinajstić information content (AvgIpc) is 2.76. The van der Waals surface area contributed by atoms with Gasteiger partial charge < -0.3 is 14.2 Å². The zero-order valence-corrected chi connectivity index (χ0v) is 14.0. The van der Waals surface area contributed by atoms with Crippen LogP contribution >= 0.6 is 0 Å². The summed E-state index contributed by atoms with van der Waals surface area (Å²) in [6, 6.07) is 8.21. The Labute approximate surface area is 131 Å². The number of hydrogen-bond acceptors (Lipinski definition) is 3. The number of para-hydroxylation sites is 2. The Morgan fingerprint density at radius 3 is 2.45 bits per heavy atom. The summed E-state index contributed by atoms with van der Waals surface area (Å²) in [5.74, 6) is 0.884. The number of rotatable bonds is 6. The molecule has 0 N–H and O–H groups in total. The molecule has 0 bridgehead atoms. The Hall–Kier alpha value is -1.88. The summed E-state index contributed by atoms with van der Waals surface area (Å²) in [5.41, 5.74) is 1.86. The Morgan fingerprint density at radius 1 is 1.23 bits per heavy atom. The summed E-state index contributed by atoms with van der Waals surface area (Å²) in [7, 11) is 1.64. The second-order valence-electron chi connectivity index (χ2n) is 6.02. The van der Waals surface area contributed by atoms with Crippen LogP contribution < -0.4 is 0 Å². The summed E-state index contributed by atoms with van der Waals surface area (Å²) in [6.45, 7) is 8.85. The van der Waals surface area contributed by atoms with Crippen LogP contribution in [0.3, 0.4) is 0 Å². The highest BCUT2D eigenvalue weighted by Gasteiger charge is 2.22. The van der Waals surface area contributed by atoms with Crippen molar-refractivity contribution < 1.29 is 9.53 Å². The predicted molar refractivity (Wildman–Crippen MR) is 87.6 cm³/mol. The Morgan fingerprint density at radius 2 is 1.86 bits per heavy atom. The van der Waals surface area contributed by atoms with Crippen LogP contribution in [0.4, 0.5) is 0 Å². The first-order chi connectivity index (χ1) is 10.5. The van der Waals surface area contributed by atoms with E-state index in [0.29, 0.717) is 6.61 Å². The fraction of sp³-hybridized carbons (Fsp3) is 0.529. The van der Waals surface area contributed by atoms with Crippen LogP contribution in [-0.4, -0.2) is 39.6 Å². The average molecular weight is 303 g/mol. The van der Waals surface area contributed by atoms with Crippen LogP contribution in [0.2, 0.25) is 0 Å². The lowest BCUT2D eigenvalue weighted by Gasteiger charge is -2.31. The van der Waals surface area contributed by atoms with Crippen molar-refractivity contribution in [2.75, 3.05) is 7.11 Å². The quantitative estimate of drug-likeness (QED) is 0.824. The summed E-state index contributed by atoms with van der Waals surface area (Å²) in [6.07, 6.45) is 0. The van der Waals surface area contributed by atoms with Gasteiger partial charge in [-0.3, -0.25) is 4.79 Å². The third-order valence-corrected chi connectivity index (χ3v) is 3.70. The van der Waals surface area contributed by atoms with Gasteiger partial charge in [0.1, 0.15) is 19.0 Å². The van der Waals surface area contributed by atoms with E-state index in [2.05, 4.69) is 4.98 Å². The van der Waals surface area contributed by atoms with Crippen molar-refractivity contribution in [3.63, 3.8) is 0 Å². The number of carbonyl (C=O) groups is 1. The third kappa shape index (κ3) is 3.30. The number of imidazole rings is 1. The zero-order valence-electron chi connectivity index (χ0n) is 14.0. The minimum Gasteiger partial charge on any atom is -0.377 e. The molecule has 0 aliphatic heterocycles. The Bertz CT molecular complexity index is 638. The minimum atomic E-state index is 0.102. The van der Waals surface area contributed by atoms with Gasteiger partial charge >= 0.3 is 0 Å². The molecule has 0 unspecified atom stereocenters. The van der Waals surface area contributed by atoms with Crippen molar-refractivity contribution in [1.82, 2.24) is 14.5 Å². The fourth-order valence-corrected chi connectivity index (χ4v) is 2.93. The molecule has 0 saturated carbocycles. The molecule has 2 rings (SSSR count). The highest BCUT2D eigenvalue weighted by Crippen LogP contribution is 2.18. The van der Waals surface area contributed by atoms with E-state index in [1.54, 1.807) is 7.11 Å². The van der Waals surface area contributed by atoms with Crippen LogP contribution in [0, 0.1) is 0 Å². The lowest BCUT2D eigenvalue weighted by Crippen LogP contribution is -2.43. The standard InChI is InChI=1S/C17H25N3O2/c1-12(2)20(13(3)4)17(21)10-19-15-9-7-6-8-14(15)18-16(19)11-22-5/h6-9,12-13H,10-11H2,1-5H3. The second kappa shape index (κ2) is 6.92.